The first-order valence-corrected chi connectivity index (χ1v) is 18.1. The van der Waals surface area contributed by atoms with Gasteiger partial charge in [0.25, 0.3) is 0 Å². The van der Waals surface area contributed by atoms with Crippen LogP contribution in [-0.2, 0) is 23.9 Å². The summed E-state index contributed by atoms with van der Waals surface area (Å²) in [4.78, 5) is 37.7. The van der Waals surface area contributed by atoms with Crippen molar-refractivity contribution in [2.45, 2.75) is 199 Å². The normalized spacial score (nSPS) is 18.3. The van der Waals surface area contributed by atoms with E-state index in [4.69, 9.17) is 9.47 Å². The number of nitrogens with one attached hydrogen (secondary N) is 1. The number of hydrogen-bond acceptors (Lipinski definition) is 5. The Balaban J connectivity index is 2.53. The molecule has 6 nitrogen and oxygen atoms in total. The van der Waals surface area contributed by atoms with Crippen LogP contribution >= 0.6 is 0 Å². The van der Waals surface area contributed by atoms with Crippen molar-refractivity contribution in [1.29, 1.82) is 0 Å². The van der Waals surface area contributed by atoms with Crippen LogP contribution in [0, 0.1) is 0 Å². The smallest absolute Gasteiger partial charge is 0.471 e. The summed E-state index contributed by atoms with van der Waals surface area (Å²) in [6, 6.07) is -1.43. The SMILES string of the molecule is CCCCCCCCCCCCCC(=O)O[C@H]1[C@H](C)OC=C(C(=O)CCCCCCCCCCCCC)[C@@H]1NC(=O)C(F)(F)F. The molecule has 0 aromatic rings. The van der Waals surface area contributed by atoms with Gasteiger partial charge in [-0.3, -0.25) is 14.4 Å². The number of Topliss-reactive ketones (excluding diaryl/α,β-unsaturated/α-hetero) is 1. The van der Waals surface area contributed by atoms with Crippen LogP contribution in [0.15, 0.2) is 11.8 Å². The highest BCUT2D eigenvalue weighted by atomic mass is 19.4. The van der Waals surface area contributed by atoms with Crippen molar-refractivity contribution in [3.05, 3.63) is 11.8 Å². The maximum absolute atomic E-state index is 13.2. The molecule has 0 bridgehead atoms. The lowest BCUT2D eigenvalue weighted by Crippen LogP contribution is -2.56. The Hall–Kier alpha value is -2.06. The molecule has 1 aliphatic heterocycles. The summed E-state index contributed by atoms with van der Waals surface area (Å²) >= 11 is 0. The van der Waals surface area contributed by atoms with Crippen LogP contribution in [0.1, 0.15) is 175 Å². The van der Waals surface area contributed by atoms with Crippen molar-refractivity contribution in [2.24, 2.45) is 0 Å². The summed E-state index contributed by atoms with van der Waals surface area (Å²) < 4.78 is 50.7. The lowest BCUT2D eigenvalue weighted by Gasteiger charge is -2.36. The average molecular weight is 646 g/mol. The topological polar surface area (TPSA) is 81.7 Å². The van der Waals surface area contributed by atoms with Gasteiger partial charge in [-0.15, -0.1) is 0 Å². The van der Waals surface area contributed by atoms with E-state index in [1.165, 1.54) is 83.5 Å². The number of hydrogen-bond donors (Lipinski definition) is 1. The number of halogens is 3. The molecule has 0 saturated carbocycles. The Morgan fingerprint density at radius 2 is 1.09 bits per heavy atom. The maximum atomic E-state index is 13.2. The Labute approximate surface area is 271 Å². The van der Waals surface area contributed by atoms with Crippen molar-refractivity contribution in [2.75, 3.05) is 0 Å². The monoisotopic (exact) mass is 645 g/mol. The zero-order valence-electron chi connectivity index (χ0n) is 28.5. The largest absolute Gasteiger partial charge is 0.494 e. The molecule has 0 fully saturated rings. The summed E-state index contributed by atoms with van der Waals surface area (Å²) in [5, 5.41) is 1.92. The van der Waals surface area contributed by atoms with Crippen molar-refractivity contribution in [1.82, 2.24) is 5.32 Å². The molecular formula is C36H62F3NO5. The minimum absolute atomic E-state index is 0.0923. The summed E-state index contributed by atoms with van der Waals surface area (Å²) in [6.45, 7) is 5.96. The minimum Gasteiger partial charge on any atom is -0.494 e. The fourth-order valence-corrected chi connectivity index (χ4v) is 5.80. The van der Waals surface area contributed by atoms with Gasteiger partial charge < -0.3 is 14.8 Å². The van der Waals surface area contributed by atoms with E-state index in [2.05, 4.69) is 13.8 Å². The van der Waals surface area contributed by atoms with E-state index in [1.54, 1.807) is 6.92 Å². The van der Waals surface area contributed by atoms with E-state index in [0.717, 1.165) is 51.2 Å². The summed E-state index contributed by atoms with van der Waals surface area (Å²) in [7, 11) is 0. The lowest BCUT2D eigenvalue weighted by atomic mass is 9.91. The Morgan fingerprint density at radius 3 is 1.51 bits per heavy atom. The van der Waals surface area contributed by atoms with Crippen molar-refractivity contribution >= 4 is 17.7 Å². The third-order valence-corrected chi connectivity index (χ3v) is 8.66. The second kappa shape index (κ2) is 25.1. The molecule has 0 aromatic carbocycles. The van der Waals surface area contributed by atoms with Gasteiger partial charge >= 0.3 is 18.1 Å². The number of rotatable bonds is 27. The van der Waals surface area contributed by atoms with Crippen LogP contribution in [0.2, 0.25) is 0 Å². The van der Waals surface area contributed by atoms with Gasteiger partial charge in [-0.25, -0.2) is 0 Å². The highest BCUT2D eigenvalue weighted by Crippen LogP contribution is 2.27. The van der Waals surface area contributed by atoms with Crippen LogP contribution < -0.4 is 5.32 Å². The summed E-state index contributed by atoms with van der Waals surface area (Å²) in [6.07, 6.45) is 18.8. The molecule has 1 aliphatic rings. The number of esters is 1. The fourth-order valence-electron chi connectivity index (χ4n) is 5.80. The van der Waals surface area contributed by atoms with Gasteiger partial charge in [0, 0.05) is 12.8 Å². The minimum atomic E-state index is -5.14. The van der Waals surface area contributed by atoms with Gasteiger partial charge in [0.2, 0.25) is 0 Å². The van der Waals surface area contributed by atoms with Gasteiger partial charge in [0.15, 0.2) is 11.9 Å². The molecule has 45 heavy (non-hydrogen) atoms. The molecule has 262 valence electrons. The first-order chi connectivity index (χ1) is 21.6. The van der Waals surface area contributed by atoms with E-state index in [9.17, 15) is 27.6 Å². The third kappa shape index (κ3) is 19.3. The molecule has 9 heteroatoms. The van der Waals surface area contributed by atoms with Crippen LogP contribution in [0.3, 0.4) is 0 Å². The van der Waals surface area contributed by atoms with Gasteiger partial charge in [-0.05, 0) is 19.8 Å². The van der Waals surface area contributed by atoms with Gasteiger partial charge in [0.1, 0.15) is 12.1 Å². The predicted molar refractivity (Wildman–Crippen MR) is 174 cm³/mol. The standard InChI is InChI=1S/C36H62F3NO5/c1-4-6-8-10-12-14-16-18-20-22-24-26-31(41)30-28-44-29(3)34(33(30)40-35(43)36(37,38)39)45-32(42)27-25-23-21-19-17-15-13-11-9-7-5-2/h28-29,33-34H,4-27H2,1-3H3,(H,40,43)/t29-,33-,34-/m0/s1. The van der Waals surface area contributed by atoms with E-state index < -0.39 is 42.1 Å². The quantitative estimate of drug-likeness (QED) is 0.0710. The first-order valence-electron chi connectivity index (χ1n) is 18.1. The Bertz CT molecular complexity index is 845. The zero-order valence-corrected chi connectivity index (χ0v) is 28.5. The predicted octanol–water partition coefficient (Wildman–Crippen LogP) is 10.2. The molecular weight excluding hydrogens is 583 g/mol. The Morgan fingerprint density at radius 1 is 0.689 bits per heavy atom. The molecule has 1 N–H and O–H groups in total. The molecule has 0 aliphatic carbocycles. The highest BCUT2D eigenvalue weighted by Gasteiger charge is 2.46. The fraction of sp³-hybridized carbons (Fsp3) is 0.861. The van der Waals surface area contributed by atoms with E-state index >= 15 is 0 Å². The second-order valence-corrected chi connectivity index (χ2v) is 12.8. The van der Waals surface area contributed by atoms with Crippen LogP contribution in [0.5, 0.6) is 0 Å². The molecule has 0 unspecified atom stereocenters. The van der Waals surface area contributed by atoms with Gasteiger partial charge in [0.05, 0.1) is 11.8 Å². The molecule has 0 aromatic heterocycles. The lowest BCUT2D eigenvalue weighted by molar-refractivity contribution is -0.177. The highest BCUT2D eigenvalue weighted by molar-refractivity contribution is 5.97. The summed E-state index contributed by atoms with van der Waals surface area (Å²) in [5.41, 5.74) is -0.0923. The number of unbranched alkanes of at least 4 members (excludes halogenated alkanes) is 20. The molecule has 0 spiro atoms. The maximum Gasteiger partial charge on any atom is 0.471 e. The van der Waals surface area contributed by atoms with E-state index in [-0.39, 0.29) is 18.4 Å². The van der Waals surface area contributed by atoms with Gasteiger partial charge in [-0.2, -0.15) is 13.2 Å². The third-order valence-electron chi connectivity index (χ3n) is 8.66. The van der Waals surface area contributed by atoms with E-state index in [0.29, 0.717) is 12.8 Å². The summed E-state index contributed by atoms with van der Waals surface area (Å²) in [5.74, 6) is -3.16. The number of carbonyl (C=O) groups excluding carboxylic acids is 3. The number of alkyl halides is 3. The van der Waals surface area contributed by atoms with Crippen LogP contribution in [0.25, 0.3) is 0 Å². The number of amides is 1. The number of carbonyl (C=O) groups is 3. The van der Waals surface area contributed by atoms with Crippen molar-refractivity contribution in [3.63, 3.8) is 0 Å². The molecule has 0 radical (unpaired) electrons. The Kier molecular flexibility index (Phi) is 22.8. The molecule has 3 atom stereocenters. The van der Waals surface area contributed by atoms with Crippen LogP contribution in [0.4, 0.5) is 13.2 Å². The first kappa shape index (κ1) is 41.0. The molecule has 1 heterocycles. The van der Waals surface area contributed by atoms with Gasteiger partial charge in [-0.1, -0.05) is 142 Å². The van der Waals surface area contributed by atoms with Crippen LogP contribution in [-0.4, -0.2) is 42.1 Å². The second-order valence-electron chi connectivity index (χ2n) is 12.8. The average Bonchev–Trinajstić information content (AvgIpc) is 2.99. The molecule has 1 rings (SSSR count). The van der Waals surface area contributed by atoms with Crippen molar-refractivity contribution in [3.8, 4) is 0 Å². The zero-order chi connectivity index (χ0) is 33.3. The van der Waals surface area contributed by atoms with Crippen molar-refractivity contribution < 1.29 is 37.0 Å². The molecule has 0 saturated heterocycles. The molecule has 1 amide bonds. The van der Waals surface area contributed by atoms with E-state index in [1.807, 2.05) is 5.32 Å². The number of ether oxygens (including phenoxy) is 2. The number of ketones is 1.